The lowest BCUT2D eigenvalue weighted by molar-refractivity contribution is -0.120. The van der Waals surface area contributed by atoms with Gasteiger partial charge in [0.1, 0.15) is 0 Å². The minimum Gasteiger partial charge on any atom is -0.490 e. The van der Waals surface area contributed by atoms with Gasteiger partial charge in [-0.25, -0.2) is 5.43 Å². The highest BCUT2D eigenvalue weighted by molar-refractivity contribution is 5.90. The number of hydrogen-bond donors (Lipinski definition) is 1. The van der Waals surface area contributed by atoms with Crippen molar-refractivity contribution in [2.45, 2.75) is 20.3 Å². The summed E-state index contributed by atoms with van der Waals surface area (Å²) in [6, 6.07) is 19.5. The molecular formula is C23H24N2O3. The molecule has 0 spiro atoms. The van der Waals surface area contributed by atoms with E-state index in [0.717, 1.165) is 21.9 Å². The second-order valence-corrected chi connectivity index (χ2v) is 6.18. The average molecular weight is 376 g/mol. The van der Waals surface area contributed by atoms with Crippen molar-refractivity contribution in [2.75, 3.05) is 13.2 Å². The predicted molar refractivity (Wildman–Crippen MR) is 112 cm³/mol. The Morgan fingerprint density at radius 3 is 2.54 bits per heavy atom. The third-order valence-electron chi connectivity index (χ3n) is 4.20. The number of carbonyl (C=O) groups is 1. The molecule has 0 heterocycles. The van der Waals surface area contributed by atoms with Crippen LogP contribution in [0.4, 0.5) is 0 Å². The first-order chi connectivity index (χ1) is 13.7. The van der Waals surface area contributed by atoms with Gasteiger partial charge in [0.05, 0.1) is 25.8 Å². The summed E-state index contributed by atoms with van der Waals surface area (Å²) < 4.78 is 11.2. The maximum atomic E-state index is 12.3. The summed E-state index contributed by atoms with van der Waals surface area (Å²) in [5, 5.41) is 6.27. The van der Waals surface area contributed by atoms with Crippen molar-refractivity contribution >= 4 is 22.9 Å². The lowest BCUT2D eigenvalue weighted by Crippen LogP contribution is -2.19. The number of rotatable bonds is 8. The Kier molecular flexibility index (Phi) is 6.63. The predicted octanol–water partition coefficient (Wildman–Crippen LogP) is 4.33. The first-order valence-electron chi connectivity index (χ1n) is 9.39. The molecule has 1 N–H and O–H groups in total. The van der Waals surface area contributed by atoms with Gasteiger partial charge < -0.3 is 9.47 Å². The van der Waals surface area contributed by atoms with Gasteiger partial charge in [-0.1, -0.05) is 42.5 Å². The van der Waals surface area contributed by atoms with E-state index in [1.54, 1.807) is 6.21 Å². The molecular weight excluding hydrogens is 352 g/mol. The molecule has 3 aromatic rings. The Balaban J connectivity index is 1.65. The first kappa shape index (κ1) is 19.4. The highest BCUT2D eigenvalue weighted by Gasteiger charge is 2.07. The summed E-state index contributed by atoms with van der Waals surface area (Å²) in [7, 11) is 0. The minimum absolute atomic E-state index is 0.163. The van der Waals surface area contributed by atoms with Crippen LogP contribution in [0.5, 0.6) is 11.5 Å². The number of benzene rings is 3. The van der Waals surface area contributed by atoms with E-state index in [1.807, 2.05) is 74.5 Å². The third-order valence-corrected chi connectivity index (χ3v) is 4.20. The standard InChI is InChI=1S/C23H24N2O3/c1-3-27-21-13-12-17(14-22(21)28-4-2)16-24-25-23(26)15-19-10-7-9-18-8-5-6-11-20(18)19/h5-14,16H,3-4,15H2,1-2H3,(H,25,26)/b24-16-. The SMILES string of the molecule is CCOc1ccc(/C=N\NC(=O)Cc2cccc3ccccc23)cc1OCC. The number of hydrogen-bond acceptors (Lipinski definition) is 4. The summed E-state index contributed by atoms with van der Waals surface area (Å²) >= 11 is 0. The van der Waals surface area contributed by atoms with Crippen LogP contribution in [0.1, 0.15) is 25.0 Å². The zero-order valence-electron chi connectivity index (χ0n) is 16.1. The van der Waals surface area contributed by atoms with Crippen LogP contribution in [0.15, 0.2) is 65.8 Å². The number of ether oxygens (including phenoxy) is 2. The Hall–Kier alpha value is -3.34. The van der Waals surface area contributed by atoms with Crippen LogP contribution in [0.3, 0.4) is 0 Å². The normalized spacial score (nSPS) is 10.9. The highest BCUT2D eigenvalue weighted by Crippen LogP contribution is 2.28. The van der Waals surface area contributed by atoms with Crippen molar-refractivity contribution < 1.29 is 14.3 Å². The molecule has 0 aliphatic rings. The topological polar surface area (TPSA) is 59.9 Å². The summed E-state index contributed by atoms with van der Waals surface area (Å²) in [6.45, 7) is 4.96. The Morgan fingerprint density at radius 2 is 1.71 bits per heavy atom. The maximum absolute atomic E-state index is 12.3. The maximum Gasteiger partial charge on any atom is 0.244 e. The van der Waals surface area contributed by atoms with E-state index in [1.165, 1.54) is 0 Å². The van der Waals surface area contributed by atoms with Crippen LogP contribution in [-0.4, -0.2) is 25.3 Å². The van der Waals surface area contributed by atoms with Gasteiger partial charge in [0.15, 0.2) is 11.5 Å². The first-order valence-corrected chi connectivity index (χ1v) is 9.39. The molecule has 0 aliphatic heterocycles. The van der Waals surface area contributed by atoms with Crippen LogP contribution in [0.2, 0.25) is 0 Å². The van der Waals surface area contributed by atoms with Gasteiger partial charge in [0.2, 0.25) is 5.91 Å². The smallest absolute Gasteiger partial charge is 0.244 e. The number of hydrazone groups is 1. The molecule has 0 aliphatic carbocycles. The molecule has 0 saturated heterocycles. The quantitative estimate of drug-likeness (QED) is 0.470. The average Bonchev–Trinajstić information content (AvgIpc) is 2.70. The van der Waals surface area contributed by atoms with Crippen LogP contribution < -0.4 is 14.9 Å². The molecule has 5 nitrogen and oxygen atoms in total. The van der Waals surface area contributed by atoms with Gasteiger partial charge in [0, 0.05) is 0 Å². The number of fused-ring (bicyclic) bond motifs is 1. The van der Waals surface area contributed by atoms with Crippen molar-refractivity contribution in [3.05, 3.63) is 71.8 Å². The number of amides is 1. The molecule has 0 radical (unpaired) electrons. The van der Waals surface area contributed by atoms with Crippen molar-refractivity contribution in [3.8, 4) is 11.5 Å². The van der Waals surface area contributed by atoms with E-state index in [2.05, 4.69) is 10.5 Å². The van der Waals surface area contributed by atoms with Crippen molar-refractivity contribution in [2.24, 2.45) is 5.10 Å². The van der Waals surface area contributed by atoms with Gasteiger partial charge in [-0.05, 0) is 53.9 Å². The molecule has 1 amide bonds. The molecule has 0 fully saturated rings. The summed E-state index contributed by atoms with van der Waals surface area (Å²) in [5.41, 5.74) is 4.39. The molecule has 0 unspecified atom stereocenters. The highest BCUT2D eigenvalue weighted by atomic mass is 16.5. The Labute approximate surface area is 165 Å². The van der Waals surface area contributed by atoms with Crippen molar-refractivity contribution in [3.63, 3.8) is 0 Å². The number of carbonyl (C=O) groups excluding carboxylic acids is 1. The van der Waals surface area contributed by atoms with Crippen molar-refractivity contribution in [1.82, 2.24) is 5.43 Å². The molecule has 0 aromatic heterocycles. The molecule has 3 aromatic carbocycles. The van der Waals surface area contributed by atoms with Crippen LogP contribution >= 0.6 is 0 Å². The number of nitrogens with one attached hydrogen (secondary N) is 1. The van der Waals surface area contributed by atoms with Gasteiger partial charge in [-0.15, -0.1) is 0 Å². The molecule has 28 heavy (non-hydrogen) atoms. The van der Waals surface area contributed by atoms with Gasteiger partial charge in [0.25, 0.3) is 0 Å². The molecule has 3 rings (SSSR count). The van der Waals surface area contributed by atoms with Crippen molar-refractivity contribution in [1.29, 1.82) is 0 Å². The second kappa shape index (κ2) is 9.55. The fourth-order valence-corrected chi connectivity index (χ4v) is 2.99. The van der Waals surface area contributed by atoms with E-state index in [-0.39, 0.29) is 12.3 Å². The molecule has 0 saturated carbocycles. The monoisotopic (exact) mass is 376 g/mol. The van der Waals surface area contributed by atoms with Gasteiger partial charge in [-0.3, -0.25) is 4.79 Å². The lowest BCUT2D eigenvalue weighted by Gasteiger charge is -2.11. The Bertz CT molecular complexity index is 977. The molecule has 144 valence electrons. The van der Waals surface area contributed by atoms with Crippen LogP contribution in [0, 0.1) is 0 Å². The van der Waals surface area contributed by atoms with E-state index < -0.39 is 0 Å². The van der Waals surface area contributed by atoms with Gasteiger partial charge >= 0.3 is 0 Å². The van der Waals surface area contributed by atoms with E-state index >= 15 is 0 Å². The molecule has 0 bridgehead atoms. The summed E-state index contributed by atoms with van der Waals surface area (Å²) in [5.74, 6) is 1.19. The van der Waals surface area contributed by atoms with E-state index in [9.17, 15) is 4.79 Å². The van der Waals surface area contributed by atoms with Gasteiger partial charge in [-0.2, -0.15) is 5.10 Å². The van der Waals surface area contributed by atoms with E-state index in [0.29, 0.717) is 24.7 Å². The third kappa shape index (κ3) is 4.88. The largest absolute Gasteiger partial charge is 0.490 e. The Morgan fingerprint density at radius 1 is 0.964 bits per heavy atom. The second-order valence-electron chi connectivity index (χ2n) is 6.18. The zero-order valence-corrected chi connectivity index (χ0v) is 16.1. The molecule has 5 heteroatoms. The fourth-order valence-electron chi connectivity index (χ4n) is 2.99. The lowest BCUT2D eigenvalue weighted by atomic mass is 10.0. The molecule has 0 atom stereocenters. The summed E-state index contributed by atoms with van der Waals surface area (Å²) in [6.07, 6.45) is 1.87. The van der Waals surface area contributed by atoms with Crippen LogP contribution in [0.25, 0.3) is 10.8 Å². The zero-order chi connectivity index (χ0) is 19.8. The fraction of sp³-hybridized carbons (Fsp3) is 0.217. The minimum atomic E-state index is -0.163. The van der Waals surface area contributed by atoms with E-state index in [4.69, 9.17) is 9.47 Å². The number of nitrogens with zero attached hydrogens (tertiary/aromatic N) is 1. The van der Waals surface area contributed by atoms with Crippen LogP contribution in [-0.2, 0) is 11.2 Å². The summed E-state index contributed by atoms with van der Waals surface area (Å²) in [4.78, 5) is 12.3.